The first-order chi connectivity index (χ1) is 14.0. The molecule has 8 heteroatoms. The Morgan fingerprint density at radius 2 is 1.90 bits per heavy atom. The molecule has 7 nitrogen and oxygen atoms in total. The van der Waals surface area contributed by atoms with Gasteiger partial charge in [0, 0.05) is 18.6 Å². The van der Waals surface area contributed by atoms with Gasteiger partial charge in [0.05, 0.1) is 16.3 Å². The zero-order valence-corrected chi connectivity index (χ0v) is 16.8. The highest BCUT2D eigenvalue weighted by Crippen LogP contribution is 2.36. The third-order valence-electron chi connectivity index (χ3n) is 5.60. The highest BCUT2D eigenvalue weighted by atomic mass is 32.2. The lowest BCUT2D eigenvalue weighted by Crippen LogP contribution is -2.14. The van der Waals surface area contributed by atoms with Crippen molar-refractivity contribution in [1.82, 2.24) is 19.2 Å². The van der Waals surface area contributed by atoms with Gasteiger partial charge in [0.25, 0.3) is 10.0 Å². The van der Waals surface area contributed by atoms with Crippen LogP contribution in [0.1, 0.15) is 36.4 Å². The molecule has 1 aromatic carbocycles. The summed E-state index contributed by atoms with van der Waals surface area (Å²) in [7, 11) is -3.74. The van der Waals surface area contributed by atoms with Crippen LogP contribution in [0.2, 0.25) is 0 Å². The van der Waals surface area contributed by atoms with Gasteiger partial charge in [-0.3, -0.25) is 4.72 Å². The summed E-state index contributed by atoms with van der Waals surface area (Å²) in [6.07, 6.45) is 9.27. The fraction of sp³-hybridized carbons (Fsp3) is 0.238. The third-order valence-corrected chi connectivity index (χ3v) is 6.96. The monoisotopic (exact) mass is 407 g/mol. The maximum absolute atomic E-state index is 12.9. The minimum absolute atomic E-state index is 0.181. The van der Waals surface area contributed by atoms with Crippen molar-refractivity contribution in [2.24, 2.45) is 0 Å². The number of pyridine rings is 1. The molecule has 29 heavy (non-hydrogen) atoms. The fourth-order valence-corrected chi connectivity index (χ4v) is 4.70. The van der Waals surface area contributed by atoms with E-state index in [-0.39, 0.29) is 4.90 Å². The van der Waals surface area contributed by atoms with Crippen LogP contribution in [0.3, 0.4) is 0 Å². The van der Waals surface area contributed by atoms with Gasteiger partial charge < -0.3 is 4.40 Å². The second kappa shape index (κ2) is 6.73. The molecule has 0 bridgehead atoms. The maximum Gasteiger partial charge on any atom is 0.263 e. The number of anilines is 1. The topological polar surface area (TPSA) is 81.3 Å². The Labute approximate surface area is 169 Å². The largest absolute Gasteiger partial charge is 0.302 e. The summed E-state index contributed by atoms with van der Waals surface area (Å²) in [6.45, 7) is 1.88. The summed E-state index contributed by atoms with van der Waals surface area (Å²) in [5.74, 6) is 0.960. The Morgan fingerprint density at radius 1 is 1.10 bits per heavy atom. The van der Waals surface area contributed by atoms with Gasteiger partial charge in [0.1, 0.15) is 5.65 Å². The maximum atomic E-state index is 12.9. The normalized spacial score (nSPS) is 14.8. The number of fused-ring (bicyclic) bond motifs is 1. The summed E-state index contributed by atoms with van der Waals surface area (Å²) in [4.78, 5) is 4.66. The molecule has 5 rings (SSSR count). The van der Waals surface area contributed by atoms with Crippen LogP contribution in [-0.4, -0.2) is 27.6 Å². The zero-order chi connectivity index (χ0) is 20.0. The molecule has 0 atom stereocenters. The van der Waals surface area contributed by atoms with Crippen molar-refractivity contribution < 1.29 is 8.42 Å². The lowest BCUT2D eigenvalue weighted by Gasteiger charge is -2.25. The molecular formula is C21H21N5O2S. The predicted octanol–water partition coefficient (Wildman–Crippen LogP) is 3.90. The number of rotatable bonds is 5. The molecule has 0 saturated heterocycles. The molecule has 1 fully saturated rings. The van der Waals surface area contributed by atoms with Crippen molar-refractivity contribution in [3.63, 3.8) is 0 Å². The van der Waals surface area contributed by atoms with Gasteiger partial charge in [0.15, 0.2) is 5.82 Å². The van der Waals surface area contributed by atoms with Crippen LogP contribution in [0.4, 0.5) is 5.82 Å². The van der Waals surface area contributed by atoms with Gasteiger partial charge in [0.2, 0.25) is 0 Å². The SMILES string of the molecule is Cc1c(NS(=O)(=O)c2ccc(-n3cccn3)cc2)nc2ccc(C3CCC3)cn12. The molecule has 1 saturated carbocycles. The minimum atomic E-state index is -3.74. The summed E-state index contributed by atoms with van der Waals surface area (Å²) in [5.41, 5.74) is 3.59. The molecule has 0 spiro atoms. The lowest BCUT2D eigenvalue weighted by atomic mass is 9.81. The summed E-state index contributed by atoms with van der Waals surface area (Å²) >= 11 is 0. The molecule has 3 aromatic heterocycles. The molecule has 3 heterocycles. The Bertz CT molecular complexity index is 1270. The smallest absolute Gasteiger partial charge is 0.263 e. The van der Waals surface area contributed by atoms with Crippen molar-refractivity contribution in [2.45, 2.75) is 37.0 Å². The van der Waals surface area contributed by atoms with Crippen LogP contribution in [0, 0.1) is 6.92 Å². The molecule has 0 radical (unpaired) electrons. The molecule has 0 amide bonds. The Kier molecular flexibility index (Phi) is 4.16. The van der Waals surface area contributed by atoms with Gasteiger partial charge in [-0.1, -0.05) is 12.5 Å². The van der Waals surface area contributed by atoms with Crippen LogP contribution < -0.4 is 4.72 Å². The number of hydrogen-bond donors (Lipinski definition) is 1. The van der Waals surface area contributed by atoms with Gasteiger partial charge in [-0.05, 0) is 67.6 Å². The van der Waals surface area contributed by atoms with Crippen LogP contribution in [-0.2, 0) is 10.0 Å². The lowest BCUT2D eigenvalue weighted by molar-refractivity contribution is 0.418. The minimum Gasteiger partial charge on any atom is -0.302 e. The number of sulfonamides is 1. The van der Waals surface area contributed by atoms with E-state index in [4.69, 9.17) is 0 Å². The van der Waals surface area contributed by atoms with Gasteiger partial charge >= 0.3 is 0 Å². The molecule has 1 N–H and O–H groups in total. The zero-order valence-electron chi connectivity index (χ0n) is 16.0. The number of aromatic nitrogens is 4. The first-order valence-electron chi connectivity index (χ1n) is 9.63. The molecule has 0 aliphatic heterocycles. The highest BCUT2D eigenvalue weighted by Gasteiger charge is 2.22. The number of nitrogens with one attached hydrogen (secondary N) is 1. The van der Waals surface area contributed by atoms with E-state index in [1.54, 1.807) is 41.3 Å². The van der Waals surface area contributed by atoms with E-state index in [1.807, 2.05) is 23.5 Å². The second-order valence-corrected chi connectivity index (χ2v) is 9.10. The first kappa shape index (κ1) is 17.9. The van der Waals surface area contributed by atoms with E-state index in [1.165, 1.54) is 24.8 Å². The van der Waals surface area contributed by atoms with Crippen LogP contribution in [0.15, 0.2) is 66.0 Å². The Balaban J connectivity index is 1.44. The van der Waals surface area contributed by atoms with Crippen LogP contribution in [0.25, 0.3) is 11.3 Å². The summed E-state index contributed by atoms with van der Waals surface area (Å²) in [5, 5.41) is 4.15. The summed E-state index contributed by atoms with van der Waals surface area (Å²) < 4.78 is 32.0. The predicted molar refractivity (Wildman–Crippen MR) is 111 cm³/mol. The molecule has 0 unspecified atom stereocenters. The number of aryl methyl sites for hydroxylation is 1. The third kappa shape index (κ3) is 3.19. The van der Waals surface area contributed by atoms with Gasteiger partial charge in [-0.25, -0.2) is 18.1 Å². The van der Waals surface area contributed by atoms with Crippen molar-refractivity contribution in [3.05, 3.63) is 72.3 Å². The van der Waals surface area contributed by atoms with Crippen molar-refractivity contribution in [2.75, 3.05) is 4.72 Å². The second-order valence-electron chi connectivity index (χ2n) is 7.41. The molecule has 1 aliphatic rings. The van der Waals surface area contributed by atoms with E-state index in [0.29, 0.717) is 11.7 Å². The quantitative estimate of drug-likeness (QED) is 0.544. The van der Waals surface area contributed by atoms with Crippen molar-refractivity contribution >= 4 is 21.5 Å². The molecule has 1 aliphatic carbocycles. The first-order valence-corrected chi connectivity index (χ1v) is 11.1. The molecular weight excluding hydrogens is 386 g/mol. The highest BCUT2D eigenvalue weighted by molar-refractivity contribution is 7.92. The molecule has 148 valence electrons. The standard InChI is InChI=1S/C21H21N5O2S/c1-15-21(23-20-11-6-17(14-25(15)20)16-4-2-5-16)24-29(27,28)19-9-7-18(8-10-19)26-13-3-12-22-26/h3,6-14,16,24H,2,4-5H2,1H3. The fourth-order valence-electron chi connectivity index (χ4n) is 3.64. The average molecular weight is 407 g/mol. The number of nitrogens with zero attached hydrogens (tertiary/aromatic N) is 4. The van der Waals surface area contributed by atoms with E-state index in [9.17, 15) is 8.42 Å². The number of imidazole rings is 1. The van der Waals surface area contributed by atoms with E-state index < -0.39 is 10.0 Å². The van der Waals surface area contributed by atoms with Gasteiger partial charge in [-0.2, -0.15) is 5.10 Å². The molecule has 4 aromatic rings. The van der Waals surface area contributed by atoms with E-state index in [2.05, 4.69) is 27.1 Å². The van der Waals surface area contributed by atoms with Crippen LogP contribution >= 0.6 is 0 Å². The van der Waals surface area contributed by atoms with Crippen molar-refractivity contribution in [1.29, 1.82) is 0 Å². The number of hydrogen-bond acceptors (Lipinski definition) is 4. The Hall–Kier alpha value is -3.13. The van der Waals surface area contributed by atoms with Crippen molar-refractivity contribution in [3.8, 4) is 5.69 Å². The van der Waals surface area contributed by atoms with E-state index in [0.717, 1.165) is 17.0 Å². The Morgan fingerprint density at radius 3 is 2.55 bits per heavy atom. The van der Waals surface area contributed by atoms with E-state index >= 15 is 0 Å². The van der Waals surface area contributed by atoms with Gasteiger partial charge in [-0.15, -0.1) is 0 Å². The number of benzene rings is 1. The van der Waals surface area contributed by atoms with Crippen LogP contribution in [0.5, 0.6) is 0 Å². The summed E-state index contributed by atoms with van der Waals surface area (Å²) in [6, 6.07) is 12.5. The average Bonchev–Trinajstić information content (AvgIpc) is 3.30.